The molecule has 4 aliphatic carbocycles. The molecule has 3 N–H and O–H groups in total. The van der Waals surface area contributed by atoms with Gasteiger partial charge in [0, 0.05) is 19.8 Å². The molecule has 4 fully saturated rings. The maximum atomic E-state index is 5.93. The highest BCUT2D eigenvalue weighted by molar-refractivity contribution is 5.09. The number of hydrogen-bond donors (Lipinski definition) is 2. The van der Waals surface area contributed by atoms with Gasteiger partial charge in [0.1, 0.15) is 0 Å². The number of hydrogen-bond acceptors (Lipinski definition) is 3. The van der Waals surface area contributed by atoms with Crippen LogP contribution in [-0.2, 0) is 4.74 Å². The SMILES string of the molecule is COCCCC(NN)C12CC3CC(CC(C)(C3)C1)C2. The van der Waals surface area contributed by atoms with Gasteiger partial charge < -0.3 is 4.74 Å². The summed E-state index contributed by atoms with van der Waals surface area (Å²) in [6, 6.07) is 0.493. The van der Waals surface area contributed by atoms with Crippen LogP contribution in [0.1, 0.15) is 58.3 Å². The minimum absolute atomic E-state index is 0.487. The Morgan fingerprint density at radius 2 is 1.95 bits per heavy atom. The van der Waals surface area contributed by atoms with Crippen molar-refractivity contribution in [2.45, 2.75) is 64.3 Å². The monoisotopic (exact) mass is 266 g/mol. The lowest BCUT2D eigenvalue weighted by Crippen LogP contribution is -2.59. The molecule has 0 heterocycles. The van der Waals surface area contributed by atoms with Crippen LogP contribution < -0.4 is 11.3 Å². The molecule has 0 radical (unpaired) electrons. The standard InChI is InChI=1S/C16H30N2O/c1-15-7-12-6-13(8-15)10-16(9-12,11-15)14(18-17)4-3-5-19-2/h12-14,18H,3-11,17H2,1-2H3. The van der Waals surface area contributed by atoms with Crippen molar-refractivity contribution in [1.82, 2.24) is 5.43 Å². The van der Waals surface area contributed by atoms with Crippen molar-refractivity contribution in [2.24, 2.45) is 28.5 Å². The second kappa shape index (κ2) is 5.01. The van der Waals surface area contributed by atoms with E-state index in [4.69, 9.17) is 10.6 Å². The number of methoxy groups -OCH3 is 1. The molecule has 0 aromatic heterocycles. The number of rotatable bonds is 6. The third-order valence-corrected chi connectivity index (χ3v) is 6.18. The van der Waals surface area contributed by atoms with Gasteiger partial charge in [-0.25, -0.2) is 0 Å². The van der Waals surface area contributed by atoms with Crippen LogP contribution in [0.2, 0.25) is 0 Å². The predicted molar refractivity (Wildman–Crippen MR) is 77.4 cm³/mol. The largest absolute Gasteiger partial charge is 0.385 e. The maximum Gasteiger partial charge on any atom is 0.0462 e. The van der Waals surface area contributed by atoms with Gasteiger partial charge in [0.05, 0.1) is 0 Å². The summed E-state index contributed by atoms with van der Waals surface area (Å²) in [4.78, 5) is 0. The molecule has 4 bridgehead atoms. The molecule has 3 unspecified atom stereocenters. The van der Waals surface area contributed by atoms with E-state index in [1.54, 1.807) is 7.11 Å². The first-order valence-electron chi connectivity index (χ1n) is 8.04. The van der Waals surface area contributed by atoms with Crippen molar-refractivity contribution in [3.63, 3.8) is 0 Å². The maximum absolute atomic E-state index is 5.93. The van der Waals surface area contributed by atoms with Crippen molar-refractivity contribution in [3.8, 4) is 0 Å². The van der Waals surface area contributed by atoms with Gasteiger partial charge >= 0.3 is 0 Å². The van der Waals surface area contributed by atoms with E-state index in [1.807, 2.05) is 0 Å². The van der Waals surface area contributed by atoms with Gasteiger partial charge in [0.15, 0.2) is 0 Å². The lowest BCUT2D eigenvalue weighted by atomic mass is 9.43. The van der Waals surface area contributed by atoms with E-state index < -0.39 is 0 Å². The quantitative estimate of drug-likeness (QED) is 0.441. The van der Waals surface area contributed by atoms with Crippen LogP contribution in [0, 0.1) is 22.7 Å². The summed E-state index contributed by atoms with van der Waals surface area (Å²) in [5, 5.41) is 0. The topological polar surface area (TPSA) is 47.3 Å². The summed E-state index contributed by atoms with van der Waals surface area (Å²) >= 11 is 0. The highest BCUT2D eigenvalue weighted by atomic mass is 16.5. The van der Waals surface area contributed by atoms with E-state index in [0.29, 0.717) is 16.9 Å². The smallest absolute Gasteiger partial charge is 0.0462 e. The molecule has 0 aromatic carbocycles. The molecule has 3 atom stereocenters. The first kappa shape index (κ1) is 13.8. The molecule has 0 spiro atoms. The predicted octanol–water partition coefficient (Wildman–Crippen LogP) is 2.85. The third-order valence-electron chi connectivity index (χ3n) is 6.18. The summed E-state index contributed by atoms with van der Waals surface area (Å²) < 4.78 is 5.21. The molecule has 3 heteroatoms. The van der Waals surface area contributed by atoms with Crippen LogP contribution in [0.3, 0.4) is 0 Å². The van der Waals surface area contributed by atoms with Crippen molar-refractivity contribution in [3.05, 3.63) is 0 Å². The molecule has 0 saturated heterocycles. The number of nitrogens with one attached hydrogen (secondary N) is 1. The fraction of sp³-hybridized carbons (Fsp3) is 1.00. The van der Waals surface area contributed by atoms with Gasteiger partial charge in [-0.3, -0.25) is 11.3 Å². The molecule has 0 amide bonds. The average Bonchev–Trinajstić information content (AvgIpc) is 2.31. The summed E-state index contributed by atoms with van der Waals surface area (Å²) in [5.41, 5.74) is 4.28. The van der Waals surface area contributed by atoms with Gasteiger partial charge in [-0.1, -0.05) is 6.92 Å². The Kier molecular flexibility index (Phi) is 3.65. The molecule has 0 aromatic rings. The normalized spacial score (nSPS) is 45.6. The zero-order valence-corrected chi connectivity index (χ0v) is 12.6. The molecular formula is C16H30N2O. The van der Waals surface area contributed by atoms with Gasteiger partial charge in [-0.05, 0) is 74.0 Å². The van der Waals surface area contributed by atoms with Crippen LogP contribution in [0.5, 0.6) is 0 Å². The Hall–Kier alpha value is -0.120. The lowest BCUT2D eigenvalue weighted by Gasteiger charge is -2.63. The minimum Gasteiger partial charge on any atom is -0.385 e. The van der Waals surface area contributed by atoms with E-state index in [9.17, 15) is 0 Å². The first-order valence-corrected chi connectivity index (χ1v) is 8.04. The highest BCUT2D eigenvalue weighted by Crippen LogP contribution is 2.66. The fourth-order valence-electron chi connectivity index (χ4n) is 6.20. The Morgan fingerprint density at radius 3 is 2.47 bits per heavy atom. The molecule has 4 rings (SSSR count). The Balaban J connectivity index is 1.74. The molecule has 19 heavy (non-hydrogen) atoms. The Morgan fingerprint density at radius 1 is 1.26 bits per heavy atom. The molecule has 3 nitrogen and oxygen atoms in total. The average molecular weight is 266 g/mol. The lowest BCUT2D eigenvalue weighted by molar-refractivity contribution is -0.119. The van der Waals surface area contributed by atoms with Crippen molar-refractivity contribution in [1.29, 1.82) is 0 Å². The van der Waals surface area contributed by atoms with E-state index in [0.717, 1.165) is 24.9 Å². The Bertz CT molecular complexity index is 317. The summed E-state index contributed by atoms with van der Waals surface area (Å²) in [6.45, 7) is 3.39. The zero-order valence-electron chi connectivity index (χ0n) is 12.6. The van der Waals surface area contributed by atoms with Crippen molar-refractivity contribution in [2.75, 3.05) is 13.7 Å². The third kappa shape index (κ3) is 2.45. The second-order valence-corrected chi connectivity index (χ2v) is 7.99. The highest BCUT2D eigenvalue weighted by Gasteiger charge is 2.57. The van der Waals surface area contributed by atoms with Crippen LogP contribution in [0.25, 0.3) is 0 Å². The number of nitrogens with two attached hydrogens (primary N) is 1. The summed E-state index contributed by atoms with van der Waals surface area (Å²) in [5.74, 6) is 7.88. The zero-order chi connectivity index (χ0) is 13.5. The van der Waals surface area contributed by atoms with E-state index in [-0.39, 0.29) is 0 Å². The number of hydrazine groups is 1. The van der Waals surface area contributed by atoms with Gasteiger partial charge in [-0.2, -0.15) is 0 Å². The Labute approximate surface area is 117 Å². The van der Waals surface area contributed by atoms with E-state index in [1.165, 1.54) is 44.9 Å². The van der Waals surface area contributed by atoms with Crippen LogP contribution in [0.15, 0.2) is 0 Å². The van der Waals surface area contributed by atoms with Crippen LogP contribution >= 0.6 is 0 Å². The van der Waals surface area contributed by atoms with Crippen molar-refractivity contribution < 1.29 is 4.74 Å². The molecule has 4 saturated carbocycles. The minimum atomic E-state index is 0.487. The van der Waals surface area contributed by atoms with Gasteiger partial charge in [-0.15, -0.1) is 0 Å². The molecular weight excluding hydrogens is 236 g/mol. The summed E-state index contributed by atoms with van der Waals surface area (Å²) in [6.07, 6.45) is 11.0. The van der Waals surface area contributed by atoms with Gasteiger partial charge in [0.2, 0.25) is 0 Å². The second-order valence-electron chi connectivity index (χ2n) is 7.99. The summed E-state index contributed by atoms with van der Waals surface area (Å²) in [7, 11) is 1.79. The van der Waals surface area contributed by atoms with Crippen molar-refractivity contribution >= 4 is 0 Å². The number of ether oxygens (including phenoxy) is 1. The first-order chi connectivity index (χ1) is 9.09. The van der Waals surface area contributed by atoms with Gasteiger partial charge in [0.25, 0.3) is 0 Å². The fourth-order valence-corrected chi connectivity index (χ4v) is 6.20. The van der Waals surface area contributed by atoms with Crippen LogP contribution in [0.4, 0.5) is 0 Å². The molecule has 110 valence electrons. The van der Waals surface area contributed by atoms with E-state index in [2.05, 4.69) is 12.3 Å². The molecule has 0 aliphatic heterocycles. The molecule has 4 aliphatic rings. The van der Waals surface area contributed by atoms with Crippen LogP contribution in [-0.4, -0.2) is 19.8 Å². The van der Waals surface area contributed by atoms with E-state index >= 15 is 0 Å².